The van der Waals surface area contributed by atoms with Gasteiger partial charge in [0.2, 0.25) is 5.91 Å². The minimum absolute atomic E-state index is 0.121. The fraction of sp³-hybridized carbons (Fsp3) is 0.297. The number of esters is 1. The largest absolute Gasteiger partial charge is 0.467 e. The fourth-order valence-electron chi connectivity index (χ4n) is 7.17. The molecule has 0 unspecified atom stereocenters. The van der Waals surface area contributed by atoms with Gasteiger partial charge < -0.3 is 20.5 Å². The zero-order valence-corrected chi connectivity index (χ0v) is 25.3. The van der Waals surface area contributed by atoms with Crippen LogP contribution >= 0.6 is 0 Å². The van der Waals surface area contributed by atoms with Crippen molar-refractivity contribution in [2.75, 3.05) is 12.4 Å². The standard InChI is InChI=1S/C37H39N3O4/c1-4-25(2)32(34(42)44-3)39-33(41)31-24-36(43)29-22-14-15-23-30(29)38-35(36)40(31)37(26-16-8-5-9-17-26,27-18-10-6-11-19-27)28-20-12-7-13-21-28/h5-23,25,31-32,35,38,43H,4,24H2,1-3H3,(H,39,41)/t25-,31-,32-,35+,36-/m0/s1. The summed E-state index contributed by atoms with van der Waals surface area (Å²) >= 11 is 0. The van der Waals surface area contributed by atoms with Gasteiger partial charge in [-0.3, -0.25) is 9.69 Å². The molecule has 0 radical (unpaired) electrons. The first-order chi connectivity index (χ1) is 21.4. The van der Waals surface area contributed by atoms with Crippen molar-refractivity contribution in [3.63, 3.8) is 0 Å². The third-order valence-corrected chi connectivity index (χ3v) is 9.49. The van der Waals surface area contributed by atoms with Crippen LogP contribution in [0.3, 0.4) is 0 Å². The zero-order valence-electron chi connectivity index (χ0n) is 25.3. The molecule has 7 nitrogen and oxygen atoms in total. The zero-order chi connectivity index (χ0) is 30.9. The quantitative estimate of drug-likeness (QED) is 0.179. The van der Waals surface area contributed by atoms with Crippen LogP contribution in [-0.4, -0.2) is 47.2 Å². The van der Waals surface area contributed by atoms with Crippen molar-refractivity contribution in [1.82, 2.24) is 10.2 Å². The van der Waals surface area contributed by atoms with Crippen LogP contribution in [0.15, 0.2) is 115 Å². The number of nitrogens with zero attached hydrogens (tertiary/aromatic N) is 1. The third kappa shape index (κ3) is 4.68. The summed E-state index contributed by atoms with van der Waals surface area (Å²) in [6.45, 7) is 3.91. The van der Waals surface area contributed by atoms with Gasteiger partial charge in [0.15, 0.2) is 0 Å². The predicted octanol–water partition coefficient (Wildman–Crippen LogP) is 5.40. The molecular formula is C37H39N3O4. The van der Waals surface area contributed by atoms with Gasteiger partial charge in [0, 0.05) is 17.7 Å². The Morgan fingerprint density at radius 1 is 0.909 bits per heavy atom. The Balaban J connectivity index is 1.61. The van der Waals surface area contributed by atoms with Crippen LogP contribution in [0.1, 0.15) is 48.9 Å². The van der Waals surface area contributed by atoms with Gasteiger partial charge in [-0.15, -0.1) is 0 Å². The van der Waals surface area contributed by atoms with Gasteiger partial charge in [-0.1, -0.05) is 129 Å². The third-order valence-electron chi connectivity index (χ3n) is 9.49. The molecule has 5 atom stereocenters. The van der Waals surface area contributed by atoms with Gasteiger partial charge in [0.25, 0.3) is 0 Å². The van der Waals surface area contributed by atoms with Crippen LogP contribution in [0.2, 0.25) is 0 Å². The highest BCUT2D eigenvalue weighted by Crippen LogP contribution is 2.56. The second-order valence-electron chi connectivity index (χ2n) is 11.8. The highest BCUT2D eigenvalue weighted by atomic mass is 16.5. The lowest BCUT2D eigenvalue weighted by molar-refractivity contribution is -0.147. The number of carbonyl (C=O) groups is 2. The van der Waals surface area contributed by atoms with E-state index in [-0.39, 0.29) is 18.2 Å². The molecule has 3 N–H and O–H groups in total. The maximum atomic E-state index is 14.6. The van der Waals surface area contributed by atoms with Crippen LogP contribution in [0.4, 0.5) is 5.69 Å². The van der Waals surface area contributed by atoms with Crippen LogP contribution in [0.25, 0.3) is 0 Å². The molecule has 2 aliphatic heterocycles. The Hall–Kier alpha value is -4.46. The summed E-state index contributed by atoms with van der Waals surface area (Å²) in [7, 11) is 1.34. The molecule has 1 saturated heterocycles. The highest BCUT2D eigenvalue weighted by molar-refractivity contribution is 5.89. The van der Waals surface area contributed by atoms with Gasteiger partial charge >= 0.3 is 5.97 Å². The number of rotatable bonds is 9. The average molecular weight is 590 g/mol. The van der Waals surface area contributed by atoms with E-state index in [9.17, 15) is 14.7 Å². The van der Waals surface area contributed by atoms with Crippen molar-refractivity contribution in [3.05, 3.63) is 138 Å². The molecular weight excluding hydrogens is 550 g/mol. The van der Waals surface area contributed by atoms with Crippen molar-refractivity contribution in [3.8, 4) is 0 Å². The monoisotopic (exact) mass is 589 g/mol. The Morgan fingerprint density at radius 3 is 1.91 bits per heavy atom. The molecule has 1 fully saturated rings. The molecule has 4 aromatic carbocycles. The van der Waals surface area contributed by atoms with Crippen LogP contribution in [0.5, 0.6) is 0 Å². The molecule has 1 amide bonds. The number of hydrogen-bond donors (Lipinski definition) is 3. The minimum atomic E-state index is -1.39. The molecule has 6 rings (SSSR count). The second-order valence-corrected chi connectivity index (χ2v) is 11.8. The maximum Gasteiger partial charge on any atom is 0.328 e. The summed E-state index contributed by atoms with van der Waals surface area (Å²) in [5, 5.41) is 19.3. The Bertz CT molecular complexity index is 1520. The number of para-hydroxylation sites is 1. The SMILES string of the molecule is CC[C@H](C)[C@H](NC(=O)[C@@H]1C[C@]2(O)c3ccccc3N[C@@H]2N1C(c1ccccc1)(c1ccccc1)c1ccccc1)C(=O)OC. The van der Waals surface area contributed by atoms with E-state index < -0.39 is 35.4 Å². The number of anilines is 1. The van der Waals surface area contributed by atoms with E-state index in [2.05, 4.69) is 51.9 Å². The lowest BCUT2D eigenvalue weighted by Gasteiger charge is -2.49. The fourth-order valence-corrected chi connectivity index (χ4v) is 7.17. The molecule has 0 aliphatic carbocycles. The predicted molar refractivity (Wildman–Crippen MR) is 171 cm³/mol. The molecule has 2 heterocycles. The molecule has 4 aromatic rings. The molecule has 2 aliphatic rings. The summed E-state index contributed by atoms with van der Waals surface area (Å²) in [6.07, 6.45) is 0.130. The molecule has 0 spiro atoms. The molecule has 44 heavy (non-hydrogen) atoms. The molecule has 0 bridgehead atoms. The van der Waals surface area contributed by atoms with Crippen molar-refractivity contribution < 1.29 is 19.4 Å². The van der Waals surface area contributed by atoms with Gasteiger partial charge in [0.05, 0.1) is 18.7 Å². The molecule has 7 heteroatoms. The number of amides is 1. The van der Waals surface area contributed by atoms with Gasteiger partial charge in [0.1, 0.15) is 17.8 Å². The molecule has 226 valence electrons. The van der Waals surface area contributed by atoms with E-state index in [4.69, 9.17) is 4.74 Å². The number of likely N-dealkylation sites (tertiary alicyclic amines) is 1. The van der Waals surface area contributed by atoms with E-state index in [0.717, 1.165) is 27.9 Å². The first-order valence-electron chi connectivity index (χ1n) is 15.3. The van der Waals surface area contributed by atoms with E-state index >= 15 is 0 Å². The highest BCUT2D eigenvalue weighted by Gasteiger charge is 2.64. The summed E-state index contributed by atoms with van der Waals surface area (Å²) in [4.78, 5) is 29.7. The summed E-state index contributed by atoms with van der Waals surface area (Å²) < 4.78 is 5.11. The topological polar surface area (TPSA) is 90.9 Å². The summed E-state index contributed by atoms with van der Waals surface area (Å²) in [5.41, 5.74) is 2.03. The minimum Gasteiger partial charge on any atom is -0.467 e. The number of methoxy groups -OCH3 is 1. The maximum absolute atomic E-state index is 14.6. The van der Waals surface area contributed by atoms with Gasteiger partial charge in [-0.25, -0.2) is 4.79 Å². The van der Waals surface area contributed by atoms with Crippen molar-refractivity contribution >= 4 is 17.6 Å². The Kier molecular flexibility index (Phi) is 8.01. The van der Waals surface area contributed by atoms with Gasteiger partial charge in [-0.05, 0) is 28.7 Å². The number of ether oxygens (including phenoxy) is 1. The second kappa shape index (κ2) is 11.9. The number of aliphatic hydroxyl groups is 1. The Labute approximate surface area is 258 Å². The number of carbonyl (C=O) groups excluding carboxylic acids is 2. The van der Waals surface area contributed by atoms with Crippen LogP contribution in [0, 0.1) is 5.92 Å². The van der Waals surface area contributed by atoms with Crippen molar-refractivity contribution in [2.45, 2.75) is 56.1 Å². The average Bonchev–Trinajstić information content (AvgIpc) is 3.53. The smallest absolute Gasteiger partial charge is 0.328 e. The number of hydrogen-bond acceptors (Lipinski definition) is 6. The number of benzene rings is 4. The van der Waals surface area contributed by atoms with Crippen LogP contribution < -0.4 is 10.6 Å². The van der Waals surface area contributed by atoms with E-state index in [0.29, 0.717) is 6.42 Å². The summed E-state index contributed by atoms with van der Waals surface area (Å²) in [6, 6.07) is 36.5. The van der Waals surface area contributed by atoms with Gasteiger partial charge in [-0.2, -0.15) is 0 Å². The Morgan fingerprint density at radius 2 is 1.41 bits per heavy atom. The molecule has 0 aromatic heterocycles. The lowest BCUT2D eigenvalue weighted by Crippen LogP contribution is -2.61. The first kappa shape index (κ1) is 29.6. The van der Waals surface area contributed by atoms with E-state index in [1.807, 2.05) is 92.7 Å². The number of nitrogens with one attached hydrogen (secondary N) is 2. The number of fused-ring (bicyclic) bond motifs is 3. The lowest BCUT2D eigenvalue weighted by atomic mass is 9.74. The van der Waals surface area contributed by atoms with E-state index in [1.165, 1.54) is 7.11 Å². The molecule has 0 saturated carbocycles. The normalized spacial score (nSPS) is 22.3. The van der Waals surface area contributed by atoms with Crippen LogP contribution in [-0.2, 0) is 25.5 Å². The first-order valence-corrected chi connectivity index (χ1v) is 15.3. The van der Waals surface area contributed by atoms with Crippen molar-refractivity contribution in [1.29, 1.82) is 0 Å². The van der Waals surface area contributed by atoms with E-state index in [1.54, 1.807) is 0 Å². The van der Waals surface area contributed by atoms with Crippen molar-refractivity contribution in [2.24, 2.45) is 5.92 Å². The summed E-state index contributed by atoms with van der Waals surface area (Å²) in [5.74, 6) is -0.972.